The zero-order chi connectivity index (χ0) is 23.2. The van der Waals surface area contributed by atoms with E-state index in [9.17, 15) is 14.4 Å². The fourth-order valence-corrected chi connectivity index (χ4v) is 4.29. The first-order valence-electron chi connectivity index (χ1n) is 11.3. The number of benzene rings is 2. The number of anilines is 1. The number of amides is 2. The molecule has 1 heterocycles. The fraction of sp³-hybridized carbons (Fsp3) is 0.308. The molecule has 0 fully saturated rings. The second-order valence-corrected chi connectivity index (χ2v) is 8.16. The summed E-state index contributed by atoms with van der Waals surface area (Å²) in [6.45, 7) is -0.318. The minimum absolute atomic E-state index is 0.0110. The molecule has 170 valence electrons. The summed E-state index contributed by atoms with van der Waals surface area (Å²) in [6, 6.07) is 16.5. The van der Waals surface area contributed by atoms with Crippen molar-refractivity contribution in [1.29, 1.82) is 0 Å². The van der Waals surface area contributed by atoms with E-state index < -0.39 is 24.4 Å². The maximum Gasteiger partial charge on any atom is 0.339 e. The number of para-hydroxylation sites is 2. The summed E-state index contributed by atoms with van der Waals surface area (Å²) < 4.78 is 5.54. The van der Waals surface area contributed by atoms with Crippen molar-refractivity contribution in [2.45, 2.75) is 38.5 Å². The van der Waals surface area contributed by atoms with Gasteiger partial charge in [0.2, 0.25) is 5.91 Å². The van der Waals surface area contributed by atoms with E-state index in [0.29, 0.717) is 11.3 Å². The van der Waals surface area contributed by atoms with Crippen molar-refractivity contribution in [3.63, 3.8) is 0 Å². The van der Waals surface area contributed by atoms with Crippen molar-refractivity contribution in [2.75, 3.05) is 18.1 Å². The van der Waals surface area contributed by atoms with Gasteiger partial charge in [0.1, 0.15) is 0 Å². The van der Waals surface area contributed by atoms with E-state index in [1.807, 2.05) is 30.3 Å². The van der Waals surface area contributed by atoms with Gasteiger partial charge >= 0.3 is 5.97 Å². The van der Waals surface area contributed by atoms with Crippen molar-refractivity contribution in [2.24, 2.45) is 5.73 Å². The van der Waals surface area contributed by atoms with Crippen LogP contribution in [0.15, 0.2) is 54.6 Å². The number of hydrogen-bond acceptors (Lipinski definition) is 5. The van der Waals surface area contributed by atoms with Gasteiger partial charge in [0, 0.05) is 29.7 Å². The zero-order valence-electron chi connectivity index (χ0n) is 18.5. The quantitative estimate of drug-likeness (QED) is 0.442. The summed E-state index contributed by atoms with van der Waals surface area (Å²) >= 11 is 0. The number of rotatable bonds is 7. The summed E-state index contributed by atoms with van der Waals surface area (Å²) in [5.41, 5.74) is 9.02. The van der Waals surface area contributed by atoms with Crippen LogP contribution < -0.4 is 10.6 Å². The normalized spacial score (nSPS) is 13.1. The number of nitrogens with zero attached hydrogens (tertiary/aromatic N) is 2. The molecule has 0 atom stereocenters. The van der Waals surface area contributed by atoms with E-state index >= 15 is 0 Å². The van der Waals surface area contributed by atoms with Gasteiger partial charge in [0.15, 0.2) is 6.61 Å². The second kappa shape index (κ2) is 10.3. The van der Waals surface area contributed by atoms with Crippen LogP contribution in [-0.2, 0) is 27.2 Å². The van der Waals surface area contributed by atoms with Crippen molar-refractivity contribution in [3.8, 4) is 0 Å². The molecule has 4 rings (SSSR count). The molecule has 1 aliphatic carbocycles. The molecule has 7 nitrogen and oxygen atoms in total. The van der Waals surface area contributed by atoms with Crippen LogP contribution in [0.4, 0.5) is 5.69 Å². The predicted molar refractivity (Wildman–Crippen MR) is 126 cm³/mol. The van der Waals surface area contributed by atoms with Crippen molar-refractivity contribution < 1.29 is 19.1 Å². The van der Waals surface area contributed by atoms with E-state index in [0.717, 1.165) is 54.3 Å². The van der Waals surface area contributed by atoms with Crippen LogP contribution in [0, 0.1) is 0 Å². The molecule has 33 heavy (non-hydrogen) atoms. The topological polar surface area (TPSA) is 103 Å². The Hall–Kier alpha value is -3.74. The summed E-state index contributed by atoms with van der Waals surface area (Å²) in [4.78, 5) is 43.8. The summed E-state index contributed by atoms with van der Waals surface area (Å²) in [7, 11) is 0. The summed E-state index contributed by atoms with van der Waals surface area (Å²) in [6.07, 6.45) is 4.72. The number of carbonyl (C=O) groups is 3. The van der Waals surface area contributed by atoms with E-state index in [-0.39, 0.29) is 13.0 Å². The van der Waals surface area contributed by atoms with Gasteiger partial charge in [-0.15, -0.1) is 0 Å². The number of fused-ring (bicyclic) bond motifs is 2. The van der Waals surface area contributed by atoms with Crippen LogP contribution in [-0.4, -0.2) is 35.9 Å². The van der Waals surface area contributed by atoms with Gasteiger partial charge in [-0.05, 0) is 49.4 Å². The first-order chi connectivity index (χ1) is 16.0. The Kier molecular flexibility index (Phi) is 6.98. The highest BCUT2D eigenvalue weighted by atomic mass is 16.5. The SMILES string of the molecule is NC(=O)CCN(C(=O)COC(=O)c1c2c(nc3ccccc13)CCCCC2)c1ccccc1. The molecular weight excluding hydrogens is 418 g/mol. The largest absolute Gasteiger partial charge is 0.452 e. The number of ether oxygens (including phenoxy) is 1. The highest BCUT2D eigenvalue weighted by Gasteiger charge is 2.25. The van der Waals surface area contributed by atoms with Gasteiger partial charge in [-0.1, -0.05) is 42.8 Å². The first kappa shape index (κ1) is 22.5. The summed E-state index contributed by atoms with van der Waals surface area (Å²) in [5, 5.41) is 0.740. The number of primary amides is 1. The number of esters is 1. The number of nitrogens with two attached hydrogens (primary N) is 1. The molecule has 2 aromatic carbocycles. The summed E-state index contributed by atoms with van der Waals surface area (Å²) in [5.74, 6) is -1.45. The van der Waals surface area contributed by atoms with Gasteiger partial charge in [-0.2, -0.15) is 0 Å². The average Bonchev–Trinajstić information content (AvgIpc) is 3.06. The third-order valence-corrected chi connectivity index (χ3v) is 5.90. The zero-order valence-corrected chi connectivity index (χ0v) is 18.5. The molecule has 0 unspecified atom stereocenters. The lowest BCUT2D eigenvalue weighted by Gasteiger charge is -2.22. The molecule has 2 amide bonds. The molecule has 2 N–H and O–H groups in total. The van der Waals surface area contributed by atoms with Gasteiger partial charge < -0.3 is 15.4 Å². The Bertz CT molecular complexity index is 1180. The molecule has 0 saturated heterocycles. The Morgan fingerprint density at radius 1 is 0.939 bits per heavy atom. The molecular formula is C26H27N3O4. The maximum absolute atomic E-state index is 13.3. The van der Waals surface area contributed by atoms with Gasteiger partial charge in [-0.3, -0.25) is 14.6 Å². The monoisotopic (exact) mass is 445 g/mol. The molecule has 0 saturated carbocycles. The van der Waals surface area contributed by atoms with Gasteiger partial charge in [-0.25, -0.2) is 4.79 Å². The lowest BCUT2D eigenvalue weighted by atomic mass is 9.97. The number of aromatic nitrogens is 1. The number of aryl methyl sites for hydroxylation is 1. The van der Waals surface area contributed by atoms with Crippen molar-refractivity contribution in [1.82, 2.24) is 4.98 Å². The lowest BCUT2D eigenvalue weighted by Crippen LogP contribution is -2.37. The van der Waals surface area contributed by atoms with E-state index in [1.165, 1.54) is 4.90 Å². The number of carbonyl (C=O) groups excluding carboxylic acids is 3. The minimum Gasteiger partial charge on any atom is -0.452 e. The molecule has 1 aromatic heterocycles. The Morgan fingerprint density at radius 2 is 1.67 bits per heavy atom. The average molecular weight is 446 g/mol. The van der Waals surface area contributed by atoms with Crippen LogP contribution >= 0.6 is 0 Å². The van der Waals surface area contributed by atoms with Crippen molar-refractivity contribution >= 4 is 34.4 Å². The van der Waals surface area contributed by atoms with Crippen LogP contribution in [0.25, 0.3) is 10.9 Å². The smallest absolute Gasteiger partial charge is 0.339 e. The molecule has 1 aliphatic rings. The lowest BCUT2D eigenvalue weighted by molar-refractivity contribution is -0.121. The van der Waals surface area contributed by atoms with Crippen LogP contribution in [0.5, 0.6) is 0 Å². The minimum atomic E-state index is -0.525. The highest BCUT2D eigenvalue weighted by molar-refractivity contribution is 6.06. The van der Waals surface area contributed by atoms with E-state index in [4.69, 9.17) is 15.5 Å². The third-order valence-electron chi connectivity index (χ3n) is 5.90. The standard InChI is InChI=1S/C26H27N3O4/c27-23(30)15-16-29(18-9-3-1-4-10-18)24(31)17-33-26(32)25-19-11-5-2-6-13-21(19)28-22-14-8-7-12-20(22)25/h1,3-4,7-10,12,14H,2,5-6,11,13,15-17H2,(H2,27,30). The molecule has 3 aromatic rings. The second-order valence-electron chi connectivity index (χ2n) is 8.16. The van der Waals surface area contributed by atoms with Gasteiger partial charge in [0.25, 0.3) is 5.91 Å². The predicted octanol–water partition coefficient (Wildman–Crippen LogP) is 3.57. The van der Waals surface area contributed by atoms with Crippen LogP contribution in [0.2, 0.25) is 0 Å². The van der Waals surface area contributed by atoms with E-state index in [1.54, 1.807) is 24.3 Å². The van der Waals surface area contributed by atoms with Crippen LogP contribution in [0.3, 0.4) is 0 Å². The Balaban J connectivity index is 1.58. The fourth-order valence-electron chi connectivity index (χ4n) is 4.29. The Labute approximate surface area is 192 Å². The highest BCUT2D eigenvalue weighted by Crippen LogP contribution is 2.29. The van der Waals surface area contributed by atoms with Crippen molar-refractivity contribution in [3.05, 3.63) is 71.4 Å². The third kappa shape index (κ3) is 5.19. The van der Waals surface area contributed by atoms with E-state index in [2.05, 4.69) is 0 Å². The Morgan fingerprint density at radius 3 is 2.45 bits per heavy atom. The molecule has 7 heteroatoms. The first-order valence-corrected chi connectivity index (χ1v) is 11.3. The molecule has 0 spiro atoms. The maximum atomic E-state index is 13.3. The van der Waals surface area contributed by atoms with Gasteiger partial charge in [0.05, 0.1) is 11.1 Å². The number of hydrogen-bond donors (Lipinski definition) is 1. The number of pyridine rings is 1. The molecule has 0 aliphatic heterocycles. The van der Waals surface area contributed by atoms with Crippen LogP contribution in [0.1, 0.15) is 47.3 Å². The molecule has 0 bridgehead atoms. The molecule has 0 radical (unpaired) electrons.